The van der Waals surface area contributed by atoms with Gasteiger partial charge in [-0.2, -0.15) is 0 Å². The van der Waals surface area contributed by atoms with Crippen LogP contribution in [0.2, 0.25) is 5.02 Å². The van der Waals surface area contributed by atoms with Crippen LogP contribution in [0.1, 0.15) is 16.1 Å². The molecular formula is C13H9ClFNO2S. The van der Waals surface area contributed by atoms with Crippen molar-refractivity contribution in [2.24, 2.45) is 0 Å². The normalized spacial score (nSPS) is 10.4. The lowest BCUT2D eigenvalue weighted by atomic mass is 10.2. The summed E-state index contributed by atoms with van der Waals surface area (Å²) in [7, 11) is 0. The quantitative estimate of drug-likeness (QED) is 0.871. The van der Waals surface area contributed by atoms with E-state index < -0.39 is 11.8 Å². The zero-order chi connectivity index (χ0) is 13.8. The van der Waals surface area contributed by atoms with Crippen LogP contribution in [0.3, 0.4) is 0 Å². The van der Waals surface area contributed by atoms with Crippen molar-refractivity contribution in [1.82, 2.24) is 4.98 Å². The van der Waals surface area contributed by atoms with Gasteiger partial charge in [0, 0.05) is 16.8 Å². The molecule has 0 saturated carbocycles. The third kappa shape index (κ3) is 3.45. The van der Waals surface area contributed by atoms with Crippen molar-refractivity contribution in [1.29, 1.82) is 0 Å². The van der Waals surface area contributed by atoms with Gasteiger partial charge in [0.05, 0.1) is 5.02 Å². The molecule has 2 rings (SSSR count). The molecule has 0 amide bonds. The number of carbonyl (C=O) groups is 1. The number of benzene rings is 1. The van der Waals surface area contributed by atoms with Crippen LogP contribution in [0, 0.1) is 5.82 Å². The van der Waals surface area contributed by atoms with Crippen LogP contribution >= 0.6 is 23.4 Å². The molecule has 3 nitrogen and oxygen atoms in total. The van der Waals surface area contributed by atoms with Gasteiger partial charge in [-0.25, -0.2) is 14.2 Å². The highest BCUT2D eigenvalue weighted by Crippen LogP contribution is 2.28. The van der Waals surface area contributed by atoms with Crippen molar-refractivity contribution in [2.75, 3.05) is 0 Å². The summed E-state index contributed by atoms with van der Waals surface area (Å²) >= 11 is 7.22. The smallest absolute Gasteiger partial charge is 0.354 e. The molecule has 1 aromatic carbocycles. The third-order valence-corrected chi connectivity index (χ3v) is 3.84. The molecule has 0 aliphatic carbocycles. The number of halogens is 2. The van der Waals surface area contributed by atoms with Crippen molar-refractivity contribution in [3.05, 3.63) is 58.6 Å². The summed E-state index contributed by atoms with van der Waals surface area (Å²) in [6, 6.07) is 7.79. The summed E-state index contributed by atoms with van der Waals surface area (Å²) in [6.07, 6.45) is 1.43. The molecule has 19 heavy (non-hydrogen) atoms. The zero-order valence-electron chi connectivity index (χ0n) is 9.64. The molecule has 1 aromatic heterocycles. The number of aromatic nitrogens is 1. The summed E-state index contributed by atoms with van der Waals surface area (Å²) in [4.78, 5) is 15.3. The van der Waals surface area contributed by atoms with E-state index in [1.807, 2.05) is 0 Å². The average molecular weight is 298 g/mol. The van der Waals surface area contributed by atoms with E-state index >= 15 is 0 Å². The fourth-order valence-electron chi connectivity index (χ4n) is 1.44. The summed E-state index contributed by atoms with van der Waals surface area (Å²) in [5.41, 5.74) is 0.649. The minimum atomic E-state index is -1.08. The van der Waals surface area contributed by atoms with Crippen LogP contribution < -0.4 is 0 Å². The monoisotopic (exact) mass is 297 g/mol. The van der Waals surface area contributed by atoms with Crippen LogP contribution in [0.4, 0.5) is 4.39 Å². The maximum Gasteiger partial charge on any atom is 0.354 e. The van der Waals surface area contributed by atoms with E-state index in [1.54, 1.807) is 18.2 Å². The Balaban J connectivity index is 2.12. The number of nitrogens with zero attached hydrogens (tertiary/aromatic N) is 1. The highest BCUT2D eigenvalue weighted by Gasteiger charge is 2.08. The maximum absolute atomic E-state index is 13.2. The molecule has 2 aromatic rings. The van der Waals surface area contributed by atoms with Crippen molar-refractivity contribution in [3.63, 3.8) is 0 Å². The fourth-order valence-corrected chi connectivity index (χ4v) is 2.63. The lowest BCUT2D eigenvalue weighted by molar-refractivity contribution is 0.0690. The predicted octanol–water partition coefficient (Wildman–Crippen LogP) is 3.86. The second-order valence-electron chi connectivity index (χ2n) is 3.68. The molecule has 1 heterocycles. The number of thioether (sulfide) groups is 1. The standard InChI is InChI=1S/C13H9ClFNO2S/c14-12-8(2-1-3-10(12)15)7-19-9-4-5-16-11(6-9)13(17)18/h1-6H,7H2,(H,17,18). The lowest BCUT2D eigenvalue weighted by Gasteiger charge is -2.05. The van der Waals surface area contributed by atoms with Crippen molar-refractivity contribution < 1.29 is 14.3 Å². The van der Waals surface area contributed by atoms with E-state index in [1.165, 1.54) is 30.1 Å². The Morgan fingerprint density at radius 1 is 1.42 bits per heavy atom. The molecule has 1 N–H and O–H groups in total. The van der Waals surface area contributed by atoms with Gasteiger partial charge in [0.2, 0.25) is 0 Å². The Bertz CT molecular complexity index is 621. The van der Waals surface area contributed by atoms with Crippen LogP contribution in [0.5, 0.6) is 0 Å². The molecule has 0 atom stereocenters. The maximum atomic E-state index is 13.2. The second-order valence-corrected chi connectivity index (χ2v) is 5.11. The number of pyridine rings is 1. The van der Waals surface area contributed by atoms with E-state index in [-0.39, 0.29) is 10.7 Å². The van der Waals surface area contributed by atoms with Crippen molar-refractivity contribution in [2.45, 2.75) is 10.6 Å². The molecule has 98 valence electrons. The number of rotatable bonds is 4. The van der Waals surface area contributed by atoms with E-state index in [4.69, 9.17) is 16.7 Å². The fraction of sp³-hybridized carbons (Fsp3) is 0.0769. The number of hydrogen-bond acceptors (Lipinski definition) is 3. The van der Waals surface area contributed by atoms with Crippen LogP contribution in [0.25, 0.3) is 0 Å². The lowest BCUT2D eigenvalue weighted by Crippen LogP contribution is -1.99. The molecule has 0 fully saturated rings. The number of carboxylic acid groups (broad SMARTS) is 1. The topological polar surface area (TPSA) is 50.2 Å². The van der Waals surface area contributed by atoms with E-state index in [2.05, 4.69) is 4.98 Å². The van der Waals surface area contributed by atoms with E-state index in [0.717, 1.165) is 4.90 Å². The highest BCUT2D eigenvalue weighted by molar-refractivity contribution is 7.98. The number of hydrogen-bond donors (Lipinski definition) is 1. The van der Waals surface area contributed by atoms with Gasteiger partial charge in [0.15, 0.2) is 0 Å². The molecule has 0 aliphatic heterocycles. The predicted molar refractivity (Wildman–Crippen MR) is 72.2 cm³/mol. The summed E-state index contributed by atoms with van der Waals surface area (Å²) in [5, 5.41) is 8.93. The molecule has 0 unspecified atom stereocenters. The Morgan fingerprint density at radius 2 is 2.21 bits per heavy atom. The first-order valence-corrected chi connectivity index (χ1v) is 6.69. The summed E-state index contributed by atoms with van der Waals surface area (Å²) in [5.74, 6) is -1.08. The first-order chi connectivity index (χ1) is 9.08. The molecule has 6 heteroatoms. The highest BCUT2D eigenvalue weighted by atomic mass is 35.5. The van der Waals surface area contributed by atoms with Crippen molar-refractivity contribution >= 4 is 29.3 Å². The second kappa shape index (κ2) is 6.04. The van der Waals surface area contributed by atoms with E-state index in [0.29, 0.717) is 11.3 Å². The van der Waals surface area contributed by atoms with Crippen LogP contribution in [0.15, 0.2) is 41.4 Å². The Kier molecular flexibility index (Phi) is 4.39. The minimum absolute atomic E-state index is 0.0182. The summed E-state index contributed by atoms with van der Waals surface area (Å²) < 4.78 is 13.2. The summed E-state index contributed by atoms with van der Waals surface area (Å²) in [6.45, 7) is 0. The average Bonchev–Trinajstić information content (AvgIpc) is 2.41. The number of carboxylic acids is 1. The largest absolute Gasteiger partial charge is 0.477 e. The SMILES string of the molecule is O=C(O)c1cc(SCc2cccc(F)c2Cl)ccn1. The Morgan fingerprint density at radius 3 is 2.95 bits per heavy atom. The van der Waals surface area contributed by atoms with Gasteiger partial charge < -0.3 is 5.11 Å². The molecular weight excluding hydrogens is 289 g/mol. The molecule has 0 bridgehead atoms. The van der Waals surface area contributed by atoms with Gasteiger partial charge in [-0.15, -0.1) is 11.8 Å². The zero-order valence-corrected chi connectivity index (χ0v) is 11.2. The first-order valence-electron chi connectivity index (χ1n) is 5.33. The van der Waals surface area contributed by atoms with Gasteiger partial charge in [-0.05, 0) is 23.8 Å². The minimum Gasteiger partial charge on any atom is -0.477 e. The van der Waals surface area contributed by atoms with Crippen LogP contribution in [-0.4, -0.2) is 16.1 Å². The van der Waals surface area contributed by atoms with Gasteiger partial charge in [0.25, 0.3) is 0 Å². The molecule has 0 saturated heterocycles. The Labute approximate surface area is 118 Å². The van der Waals surface area contributed by atoms with Gasteiger partial charge in [-0.1, -0.05) is 23.7 Å². The molecule has 0 aliphatic rings. The molecule has 0 radical (unpaired) electrons. The third-order valence-electron chi connectivity index (χ3n) is 2.38. The van der Waals surface area contributed by atoms with Crippen molar-refractivity contribution in [3.8, 4) is 0 Å². The van der Waals surface area contributed by atoms with Gasteiger partial charge in [0.1, 0.15) is 11.5 Å². The van der Waals surface area contributed by atoms with E-state index in [9.17, 15) is 9.18 Å². The number of aromatic carboxylic acids is 1. The van der Waals surface area contributed by atoms with Gasteiger partial charge in [-0.3, -0.25) is 0 Å². The first kappa shape index (κ1) is 13.8. The Hall–Kier alpha value is -1.59. The van der Waals surface area contributed by atoms with Gasteiger partial charge >= 0.3 is 5.97 Å². The molecule has 0 spiro atoms. The van der Waals surface area contributed by atoms with Crippen LogP contribution in [-0.2, 0) is 5.75 Å².